The van der Waals surface area contributed by atoms with Gasteiger partial charge in [-0.25, -0.2) is 4.39 Å². The standard InChI is InChI=1S/C18H12F4O3S/c1-26(24)15-7-6-10(8-14(15)19)17-16(23)12(9-25-17)11-4-2-3-5-13(11)18(20,21)22/h2-9,17H,1H3. The van der Waals surface area contributed by atoms with E-state index < -0.39 is 40.2 Å². The van der Waals surface area contributed by atoms with Crippen LogP contribution in [0.5, 0.6) is 0 Å². The SMILES string of the molecule is CS(=O)c1ccc(C2OC=C(c3ccccc3C(F)(F)F)C2=O)cc1F. The van der Waals surface area contributed by atoms with E-state index in [1.165, 1.54) is 36.6 Å². The third-order valence-electron chi connectivity index (χ3n) is 3.92. The molecule has 26 heavy (non-hydrogen) atoms. The molecule has 8 heteroatoms. The van der Waals surface area contributed by atoms with Gasteiger partial charge in [-0.2, -0.15) is 13.2 Å². The summed E-state index contributed by atoms with van der Waals surface area (Å²) in [5.74, 6) is -1.48. The number of benzene rings is 2. The molecule has 0 amide bonds. The van der Waals surface area contributed by atoms with Crippen LogP contribution in [0.25, 0.3) is 5.57 Å². The normalized spacial score (nSPS) is 18.4. The summed E-state index contributed by atoms with van der Waals surface area (Å²) < 4.78 is 70.1. The molecule has 3 nitrogen and oxygen atoms in total. The van der Waals surface area contributed by atoms with Crippen molar-refractivity contribution in [2.75, 3.05) is 6.26 Å². The fourth-order valence-corrected chi connectivity index (χ4v) is 3.30. The summed E-state index contributed by atoms with van der Waals surface area (Å²) in [5, 5.41) is 0. The molecule has 1 heterocycles. The second kappa shape index (κ2) is 6.68. The maximum absolute atomic E-state index is 14.0. The van der Waals surface area contributed by atoms with Crippen LogP contribution in [0, 0.1) is 5.82 Å². The van der Waals surface area contributed by atoms with Crippen molar-refractivity contribution in [1.82, 2.24) is 0 Å². The van der Waals surface area contributed by atoms with E-state index in [9.17, 15) is 26.6 Å². The minimum atomic E-state index is -4.63. The van der Waals surface area contributed by atoms with Gasteiger partial charge in [0.05, 0.1) is 33.1 Å². The molecule has 0 spiro atoms. The molecular formula is C18H12F4O3S. The topological polar surface area (TPSA) is 43.4 Å². The summed E-state index contributed by atoms with van der Waals surface area (Å²) in [6.45, 7) is 0. The molecule has 2 unspecified atom stereocenters. The summed E-state index contributed by atoms with van der Waals surface area (Å²) in [6, 6.07) is 8.31. The van der Waals surface area contributed by atoms with E-state index in [-0.39, 0.29) is 21.6 Å². The highest BCUT2D eigenvalue weighted by Crippen LogP contribution is 2.40. The van der Waals surface area contributed by atoms with E-state index in [1.54, 1.807) is 0 Å². The third kappa shape index (κ3) is 3.29. The van der Waals surface area contributed by atoms with E-state index in [0.29, 0.717) is 0 Å². The fraction of sp³-hybridized carbons (Fsp3) is 0.167. The van der Waals surface area contributed by atoms with Crippen LogP contribution < -0.4 is 0 Å². The van der Waals surface area contributed by atoms with Gasteiger partial charge in [0.15, 0.2) is 6.10 Å². The second-order valence-corrected chi connectivity index (χ2v) is 6.95. The number of halogens is 4. The Morgan fingerprint density at radius 2 is 1.81 bits per heavy atom. The van der Waals surface area contributed by atoms with Gasteiger partial charge >= 0.3 is 6.18 Å². The lowest BCUT2D eigenvalue weighted by molar-refractivity contribution is -0.137. The van der Waals surface area contributed by atoms with Gasteiger partial charge in [-0.15, -0.1) is 0 Å². The molecule has 3 rings (SSSR count). The molecule has 0 radical (unpaired) electrons. The Morgan fingerprint density at radius 3 is 2.42 bits per heavy atom. The Morgan fingerprint density at radius 1 is 1.12 bits per heavy atom. The van der Waals surface area contributed by atoms with Crippen LogP contribution >= 0.6 is 0 Å². The van der Waals surface area contributed by atoms with Gasteiger partial charge in [-0.05, 0) is 18.2 Å². The number of carbonyl (C=O) groups is 1. The van der Waals surface area contributed by atoms with Crippen LogP contribution in [-0.4, -0.2) is 16.2 Å². The van der Waals surface area contributed by atoms with Crippen LogP contribution in [-0.2, 0) is 26.5 Å². The zero-order chi connectivity index (χ0) is 19.1. The number of carbonyl (C=O) groups excluding carboxylic acids is 1. The quantitative estimate of drug-likeness (QED) is 0.743. The van der Waals surface area contributed by atoms with Crippen LogP contribution in [0.15, 0.2) is 53.6 Å². The van der Waals surface area contributed by atoms with Crippen molar-refractivity contribution in [2.24, 2.45) is 0 Å². The van der Waals surface area contributed by atoms with Crippen molar-refractivity contribution in [3.8, 4) is 0 Å². The van der Waals surface area contributed by atoms with Crippen molar-refractivity contribution < 1.29 is 31.3 Å². The maximum atomic E-state index is 14.0. The highest BCUT2D eigenvalue weighted by atomic mass is 32.2. The first-order valence-electron chi connectivity index (χ1n) is 7.39. The van der Waals surface area contributed by atoms with Crippen molar-refractivity contribution >= 4 is 22.2 Å². The molecule has 0 bridgehead atoms. The molecule has 2 atom stereocenters. The number of ether oxygens (including phenoxy) is 1. The first kappa shape index (κ1) is 18.3. The predicted octanol–water partition coefficient (Wildman–Crippen LogP) is 4.26. The number of hydrogen-bond donors (Lipinski definition) is 0. The van der Waals surface area contributed by atoms with E-state index in [0.717, 1.165) is 18.4 Å². The van der Waals surface area contributed by atoms with E-state index in [2.05, 4.69) is 0 Å². The largest absolute Gasteiger partial charge is 0.484 e. The fourth-order valence-electron chi connectivity index (χ4n) is 2.70. The molecular weight excluding hydrogens is 372 g/mol. The first-order chi connectivity index (χ1) is 12.2. The summed E-state index contributed by atoms with van der Waals surface area (Å²) in [7, 11) is -1.55. The summed E-state index contributed by atoms with van der Waals surface area (Å²) in [6.07, 6.45) is -3.61. The van der Waals surface area contributed by atoms with Crippen LogP contribution in [0.4, 0.5) is 17.6 Å². The molecule has 2 aromatic rings. The van der Waals surface area contributed by atoms with Gasteiger partial charge in [-0.3, -0.25) is 9.00 Å². The van der Waals surface area contributed by atoms with Crippen LogP contribution in [0.3, 0.4) is 0 Å². The van der Waals surface area contributed by atoms with Crippen molar-refractivity contribution in [3.63, 3.8) is 0 Å². The van der Waals surface area contributed by atoms with Crippen molar-refractivity contribution in [1.29, 1.82) is 0 Å². The highest BCUT2D eigenvalue weighted by Gasteiger charge is 2.39. The van der Waals surface area contributed by atoms with Gasteiger partial charge in [0, 0.05) is 17.4 Å². The average molecular weight is 384 g/mol. The number of ketones is 1. The minimum absolute atomic E-state index is 0.0326. The number of hydrogen-bond acceptors (Lipinski definition) is 3. The lowest BCUT2D eigenvalue weighted by Crippen LogP contribution is -2.14. The van der Waals surface area contributed by atoms with Gasteiger partial charge in [-0.1, -0.05) is 24.3 Å². The summed E-state index contributed by atoms with van der Waals surface area (Å²) in [4.78, 5) is 12.5. The van der Waals surface area contributed by atoms with Gasteiger partial charge < -0.3 is 4.74 Å². The second-order valence-electron chi connectivity index (χ2n) is 5.60. The Hall–Kier alpha value is -2.48. The van der Waals surface area contributed by atoms with E-state index >= 15 is 0 Å². The zero-order valence-electron chi connectivity index (χ0n) is 13.3. The molecule has 0 aromatic heterocycles. The van der Waals surface area contributed by atoms with E-state index in [1.807, 2.05) is 0 Å². The lowest BCUT2D eigenvalue weighted by Gasteiger charge is -2.13. The Balaban J connectivity index is 1.95. The summed E-state index contributed by atoms with van der Waals surface area (Å²) >= 11 is 0. The van der Waals surface area contributed by atoms with Crippen LogP contribution in [0.1, 0.15) is 22.8 Å². The molecule has 0 saturated heterocycles. The molecule has 1 aliphatic heterocycles. The monoisotopic (exact) mass is 384 g/mol. The highest BCUT2D eigenvalue weighted by molar-refractivity contribution is 7.84. The van der Waals surface area contributed by atoms with Crippen LogP contribution in [0.2, 0.25) is 0 Å². The third-order valence-corrected chi connectivity index (χ3v) is 4.87. The molecule has 0 fully saturated rings. The summed E-state index contributed by atoms with van der Waals surface area (Å²) in [5.41, 5.74) is -1.34. The molecule has 2 aromatic carbocycles. The van der Waals surface area contributed by atoms with Gasteiger partial charge in [0.25, 0.3) is 0 Å². The molecule has 0 N–H and O–H groups in total. The van der Waals surface area contributed by atoms with Crippen molar-refractivity contribution in [2.45, 2.75) is 17.2 Å². The molecule has 136 valence electrons. The lowest BCUT2D eigenvalue weighted by atomic mass is 9.94. The average Bonchev–Trinajstić information content (AvgIpc) is 2.95. The molecule has 1 aliphatic rings. The first-order valence-corrected chi connectivity index (χ1v) is 8.95. The Labute approximate surface area is 148 Å². The Bertz CT molecular complexity index is 934. The number of alkyl halides is 3. The van der Waals surface area contributed by atoms with Gasteiger partial charge in [0.2, 0.25) is 5.78 Å². The maximum Gasteiger partial charge on any atom is 0.417 e. The number of Topliss-reactive ketones (excluding diaryl/α,β-unsaturated/α-hetero) is 1. The predicted molar refractivity (Wildman–Crippen MR) is 87.0 cm³/mol. The van der Waals surface area contributed by atoms with Gasteiger partial charge in [0.1, 0.15) is 5.82 Å². The zero-order valence-corrected chi connectivity index (χ0v) is 14.2. The molecule has 0 aliphatic carbocycles. The number of rotatable bonds is 3. The smallest absolute Gasteiger partial charge is 0.417 e. The van der Waals surface area contributed by atoms with Crippen molar-refractivity contribution in [3.05, 3.63) is 71.2 Å². The Kier molecular flexibility index (Phi) is 4.70. The minimum Gasteiger partial charge on any atom is -0.484 e. The van der Waals surface area contributed by atoms with E-state index in [4.69, 9.17) is 4.74 Å². The molecule has 0 saturated carbocycles.